The molecule has 0 spiro atoms. The van der Waals surface area contributed by atoms with Crippen molar-refractivity contribution in [2.24, 2.45) is 0 Å². The number of nitrogens with zero attached hydrogens (tertiary/aromatic N) is 3. The highest BCUT2D eigenvalue weighted by Gasteiger charge is 2.39. The van der Waals surface area contributed by atoms with E-state index in [1.54, 1.807) is 17.8 Å². The number of hydrazine groups is 1. The summed E-state index contributed by atoms with van der Waals surface area (Å²) in [5.74, 6) is -2.06. The summed E-state index contributed by atoms with van der Waals surface area (Å²) < 4.78 is 24.1. The third-order valence-corrected chi connectivity index (χ3v) is 4.18. The smallest absolute Gasteiger partial charge is 0.317 e. The second-order valence-corrected chi connectivity index (χ2v) is 5.84. The van der Waals surface area contributed by atoms with Crippen molar-refractivity contribution in [1.82, 2.24) is 25.8 Å². The number of anilines is 1. The summed E-state index contributed by atoms with van der Waals surface area (Å²) in [6.45, 7) is 0. The van der Waals surface area contributed by atoms with Crippen molar-refractivity contribution in [3.8, 4) is 0 Å². The van der Waals surface area contributed by atoms with E-state index >= 15 is 0 Å². The molecule has 10 heteroatoms. The van der Waals surface area contributed by atoms with Gasteiger partial charge in [0, 0.05) is 24.8 Å². The first-order valence-corrected chi connectivity index (χ1v) is 7.89. The highest BCUT2D eigenvalue weighted by Crippen LogP contribution is 2.43. The lowest BCUT2D eigenvalue weighted by Crippen LogP contribution is -2.44. The van der Waals surface area contributed by atoms with Crippen LogP contribution in [-0.2, 0) is 10.3 Å². The molecule has 2 aromatic heterocycles. The van der Waals surface area contributed by atoms with E-state index in [1.165, 1.54) is 12.4 Å². The number of rotatable bonds is 5. The molecule has 2 amide bonds. The molecule has 1 aliphatic rings. The Kier molecular flexibility index (Phi) is 5.01. The summed E-state index contributed by atoms with van der Waals surface area (Å²) in [6.07, 6.45) is 5.64. The van der Waals surface area contributed by atoms with Gasteiger partial charge in [-0.3, -0.25) is 25.4 Å². The number of alkyl halides is 2. The zero-order chi connectivity index (χ0) is 18.6. The van der Waals surface area contributed by atoms with Crippen LogP contribution >= 0.6 is 0 Å². The van der Waals surface area contributed by atoms with Gasteiger partial charge in [-0.2, -0.15) is 8.78 Å². The van der Waals surface area contributed by atoms with Gasteiger partial charge in [0.1, 0.15) is 0 Å². The van der Waals surface area contributed by atoms with Crippen molar-refractivity contribution in [3.63, 3.8) is 0 Å². The van der Waals surface area contributed by atoms with E-state index < -0.39 is 18.2 Å². The largest absolute Gasteiger partial charge is 0.345 e. The van der Waals surface area contributed by atoms with E-state index in [2.05, 4.69) is 20.3 Å². The molecule has 0 radical (unpaired) electrons. The van der Waals surface area contributed by atoms with Crippen LogP contribution in [0.4, 0.5) is 14.7 Å². The van der Waals surface area contributed by atoms with Gasteiger partial charge in [0.05, 0.1) is 11.1 Å². The number of aromatic nitrogens is 3. The monoisotopic (exact) mass is 362 g/mol. The van der Waals surface area contributed by atoms with Gasteiger partial charge in [-0.25, -0.2) is 9.97 Å². The number of halogens is 2. The fourth-order valence-electron chi connectivity index (χ4n) is 2.63. The van der Waals surface area contributed by atoms with Crippen LogP contribution in [0.5, 0.6) is 0 Å². The van der Waals surface area contributed by atoms with E-state index in [1.807, 2.05) is 17.6 Å². The summed E-state index contributed by atoms with van der Waals surface area (Å²) in [5, 5.41) is 3.28. The average Bonchev–Trinajstić information content (AvgIpc) is 2.63. The number of hydrogen-bond acceptors (Lipinski definition) is 6. The first-order valence-electron chi connectivity index (χ1n) is 7.89. The molecule has 26 heavy (non-hydrogen) atoms. The number of carbonyl (C=O) groups excluding carboxylic acids is 2. The lowest BCUT2D eigenvalue weighted by atomic mass is 9.72. The third kappa shape index (κ3) is 3.73. The van der Waals surface area contributed by atoms with Gasteiger partial charge in [0.15, 0.2) is 0 Å². The fourth-order valence-corrected chi connectivity index (χ4v) is 2.63. The number of nitrogens with one attached hydrogen (secondary N) is 3. The Balaban J connectivity index is 1.64. The van der Waals surface area contributed by atoms with Gasteiger partial charge < -0.3 is 5.32 Å². The topological polar surface area (TPSA) is 109 Å². The fraction of sp³-hybridized carbons (Fsp3) is 0.312. The molecule has 0 saturated heterocycles. The second-order valence-electron chi connectivity index (χ2n) is 5.84. The van der Waals surface area contributed by atoms with E-state index in [0.717, 1.165) is 24.8 Å². The summed E-state index contributed by atoms with van der Waals surface area (Å²) in [4.78, 5) is 34.8. The number of amides is 2. The van der Waals surface area contributed by atoms with Gasteiger partial charge in [-0.1, -0.05) is 6.07 Å². The zero-order valence-corrected chi connectivity index (χ0v) is 13.6. The first-order chi connectivity index (χ1) is 12.5. The summed E-state index contributed by atoms with van der Waals surface area (Å²) >= 11 is 0. The van der Waals surface area contributed by atoms with Crippen LogP contribution in [0.15, 0.2) is 36.9 Å². The predicted octanol–water partition coefficient (Wildman–Crippen LogP) is 1.39. The highest BCUT2D eigenvalue weighted by molar-refractivity contribution is 5.95. The third-order valence-electron chi connectivity index (χ3n) is 4.18. The molecule has 0 aliphatic heterocycles. The average molecular weight is 362 g/mol. The Labute approximate surface area is 147 Å². The van der Waals surface area contributed by atoms with E-state index in [9.17, 15) is 18.4 Å². The summed E-state index contributed by atoms with van der Waals surface area (Å²) in [7, 11) is 0. The van der Waals surface area contributed by atoms with Gasteiger partial charge in [0.25, 0.3) is 5.91 Å². The zero-order valence-electron chi connectivity index (χ0n) is 13.6. The van der Waals surface area contributed by atoms with E-state index in [4.69, 9.17) is 0 Å². The van der Waals surface area contributed by atoms with Crippen LogP contribution < -0.4 is 16.2 Å². The van der Waals surface area contributed by atoms with Crippen LogP contribution in [0.3, 0.4) is 0 Å². The van der Waals surface area contributed by atoms with Crippen molar-refractivity contribution < 1.29 is 18.4 Å². The molecule has 0 bridgehead atoms. The van der Waals surface area contributed by atoms with Crippen LogP contribution in [0.2, 0.25) is 0 Å². The molecule has 2 aromatic rings. The number of pyridine rings is 1. The molecule has 0 unspecified atom stereocenters. The number of carbonyl (C=O) groups is 2. The van der Waals surface area contributed by atoms with Crippen molar-refractivity contribution in [3.05, 3.63) is 48.0 Å². The molecule has 8 nitrogen and oxygen atoms in total. The Morgan fingerprint density at radius 1 is 1.12 bits per heavy atom. The molecular weight excluding hydrogens is 346 g/mol. The molecular formula is C16H16F2N6O2. The summed E-state index contributed by atoms with van der Waals surface area (Å²) in [5.41, 5.74) is 4.24. The van der Waals surface area contributed by atoms with Crippen molar-refractivity contribution in [2.75, 3.05) is 5.32 Å². The molecule has 0 aromatic carbocycles. The normalized spacial score (nSPS) is 15.0. The maximum absolute atomic E-state index is 12.1. The lowest BCUT2D eigenvalue weighted by molar-refractivity contribution is -0.132. The molecule has 3 N–H and O–H groups in total. The SMILES string of the molecule is O=C(NNC(=O)C(F)F)c1cnc(NC2(c3cccnc3)CCC2)nc1. The van der Waals surface area contributed by atoms with Gasteiger partial charge in [-0.05, 0) is 30.9 Å². The van der Waals surface area contributed by atoms with Crippen LogP contribution in [0.25, 0.3) is 0 Å². The van der Waals surface area contributed by atoms with Crippen molar-refractivity contribution in [1.29, 1.82) is 0 Å². The molecule has 1 saturated carbocycles. The molecule has 3 rings (SSSR count). The Hall–Kier alpha value is -3.17. The van der Waals surface area contributed by atoms with Crippen molar-refractivity contribution >= 4 is 17.8 Å². The van der Waals surface area contributed by atoms with Crippen LogP contribution in [-0.4, -0.2) is 33.2 Å². The number of hydrogen-bond donors (Lipinski definition) is 3. The summed E-state index contributed by atoms with van der Waals surface area (Å²) in [6, 6.07) is 3.84. The minimum atomic E-state index is -3.22. The van der Waals surface area contributed by atoms with E-state index in [-0.39, 0.29) is 11.1 Å². The molecule has 1 fully saturated rings. The minimum Gasteiger partial charge on any atom is -0.345 e. The van der Waals surface area contributed by atoms with E-state index in [0.29, 0.717) is 5.95 Å². The van der Waals surface area contributed by atoms with Gasteiger partial charge in [0.2, 0.25) is 5.95 Å². The quantitative estimate of drug-likeness (QED) is 0.694. The van der Waals surface area contributed by atoms with Gasteiger partial charge >= 0.3 is 12.3 Å². The molecule has 0 atom stereocenters. The second kappa shape index (κ2) is 7.38. The maximum Gasteiger partial charge on any atom is 0.317 e. The lowest BCUT2D eigenvalue weighted by Gasteiger charge is -2.42. The Morgan fingerprint density at radius 2 is 1.85 bits per heavy atom. The maximum atomic E-state index is 12.1. The molecule has 136 valence electrons. The Bertz CT molecular complexity index is 781. The van der Waals surface area contributed by atoms with Crippen LogP contribution in [0.1, 0.15) is 35.2 Å². The first kappa shape index (κ1) is 17.6. The molecule has 2 heterocycles. The Morgan fingerprint density at radius 3 is 2.38 bits per heavy atom. The molecule has 1 aliphatic carbocycles. The predicted molar refractivity (Wildman–Crippen MR) is 87.0 cm³/mol. The standard InChI is InChI=1S/C16H16F2N6O2/c17-12(18)14(26)24-23-13(25)10-7-20-15(21-8-10)22-16(4-2-5-16)11-3-1-6-19-9-11/h1,3,6-9,12H,2,4-5H2,(H,23,25)(H,24,26)(H,20,21,22). The van der Waals surface area contributed by atoms with Gasteiger partial charge in [-0.15, -0.1) is 0 Å². The van der Waals surface area contributed by atoms with Crippen LogP contribution in [0, 0.1) is 0 Å². The minimum absolute atomic E-state index is 0.0224. The highest BCUT2D eigenvalue weighted by atomic mass is 19.3. The van der Waals surface area contributed by atoms with Crippen molar-refractivity contribution in [2.45, 2.75) is 31.2 Å².